The Morgan fingerprint density at radius 3 is 2.52 bits per heavy atom. The van der Waals surface area contributed by atoms with Gasteiger partial charge in [0.1, 0.15) is 5.75 Å². The highest BCUT2D eigenvalue weighted by molar-refractivity contribution is 5.95. The molecule has 3 aromatic carbocycles. The Balaban J connectivity index is 1.58. The van der Waals surface area contributed by atoms with Crippen molar-refractivity contribution in [2.24, 2.45) is 5.73 Å². The number of hydrogen-bond acceptors (Lipinski definition) is 4. The lowest BCUT2D eigenvalue weighted by molar-refractivity contribution is -0.153. The topological polar surface area (TPSA) is 81.9 Å². The number of rotatable bonds is 6. The van der Waals surface area contributed by atoms with Gasteiger partial charge in [-0.1, -0.05) is 60.2 Å². The van der Waals surface area contributed by atoms with Crippen molar-refractivity contribution in [1.82, 2.24) is 4.90 Å². The zero-order valence-corrected chi connectivity index (χ0v) is 18.9. The number of methoxy groups -OCH3 is 1. The highest BCUT2D eigenvalue weighted by atomic mass is 16.5. The summed E-state index contributed by atoms with van der Waals surface area (Å²) in [6.45, 7) is 2.76. The largest absolute Gasteiger partial charge is 0.497 e. The van der Waals surface area contributed by atoms with Crippen molar-refractivity contribution >= 4 is 11.8 Å². The molecular formula is C27H28N2O4. The van der Waals surface area contributed by atoms with Crippen LogP contribution in [0.5, 0.6) is 5.75 Å². The van der Waals surface area contributed by atoms with Crippen LogP contribution in [-0.2, 0) is 16.0 Å². The van der Waals surface area contributed by atoms with E-state index in [0.29, 0.717) is 17.9 Å². The van der Waals surface area contributed by atoms with Crippen molar-refractivity contribution < 1.29 is 19.1 Å². The normalized spacial score (nSPS) is 18.1. The van der Waals surface area contributed by atoms with E-state index in [9.17, 15) is 9.59 Å². The van der Waals surface area contributed by atoms with Gasteiger partial charge in [0.05, 0.1) is 20.3 Å². The van der Waals surface area contributed by atoms with E-state index in [1.807, 2.05) is 24.3 Å². The maximum Gasteiger partial charge on any atom is 0.254 e. The van der Waals surface area contributed by atoms with Crippen molar-refractivity contribution in [3.63, 3.8) is 0 Å². The molecule has 0 bridgehead atoms. The van der Waals surface area contributed by atoms with Crippen LogP contribution in [-0.4, -0.2) is 49.1 Å². The summed E-state index contributed by atoms with van der Waals surface area (Å²) in [5.41, 5.74) is 9.30. The number of hydrogen-bond donors (Lipinski definition) is 1. The molecule has 1 unspecified atom stereocenters. The summed E-state index contributed by atoms with van der Waals surface area (Å²) in [5.74, 6) is -0.161. The fourth-order valence-electron chi connectivity index (χ4n) is 4.18. The zero-order valence-electron chi connectivity index (χ0n) is 18.9. The van der Waals surface area contributed by atoms with E-state index in [1.165, 1.54) is 5.56 Å². The number of aryl methyl sites for hydroxylation is 1. The first-order chi connectivity index (χ1) is 15.9. The van der Waals surface area contributed by atoms with Gasteiger partial charge >= 0.3 is 0 Å². The van der Waals surface area contributed by atoms with Gasteiger partial charge in [-0.05, 0) is 41.8 Å². The first-order valence-electron chi connectivity index (χ1n) is 10.9. The van der Waals surface area contributed by atoms with E-state index in [0.717, 1.165) is 16.7 Å². The minimum atomic E-state index is -1.29. The van der Waals surface area contributed by atoms with Gasteiger partial charge in [-0.15, -0.1) is 0 Å². The summed E-state index contributed by atoms with van der Waals surface area (Å²) in [6, 6.07) is 23.2. The molecule has 6 heteroatoms. The van der Waals surface area contributed by atoms with Crippen LogP contribution in [0.3, 0.4) is 0 Å². The van der Waals surface area contributed by atoms with Crippen molar-refractivity contribution in [3.05, 3.63) is 89.5 Å². The Kier molecular flexibility index (Phi) is 6.47. The molecule has 170 valence electrons. The maximum absolute atomic E-state index is 13.2. The molecular weight excluding hydrogens is 416 g/mol. The van der Waals surface area contributed by atoms with Gasteiger partial charge in [0.25, 0.3) is 11.8 Å². The van der Waals surface area contributed by atoms with Crippen molar-refractivity contribution in [2.75, 3.05) is 26.8 Å². The summed E-state index contributed by atoms with van der Waals surface area (Å²) < 4.78 is 11.2. The molecule has 1 aliphatic rings. The van der Waals surface area contributed by atoms with Crippen molar-refractivity contribution in [3.8, 4) is 16.9 Å². The summed E-state index contributed by atoms with van der Waals surface area (Å²) in [4.78, 5) is 27.4. The minimum Gasteiger partial charge on any atom is -0.497 e. The summed E-state index contributed by atoms with van der Waals surface area (Å²) >= 11 is 0. The molecule has 0 saturated carbocycles. The predicted molar refractivity (Wildman–Crippen MR) is 127 cm³/mol. The van der Waals surface area contributed by atoms with Crippen LogP contribution in [0.2, 0.25) is 0 Å². The number of benzene rings is 3. The molecule has 1 atom stereocenters. The second-order valence-corrected chi connectivity index (χ2v) is 8.41. The molecule has 4 rings (SSSR count). The van der Waals surface area contributed by atoms with Gasteiger partial charge < -0.3 is 20.1 Å². The fraction of sp³-hybridized carbons (Fsp3) is 0.259. The lowest BCUT2D eigenvalue weighted by atomic mass is 9.90. The quantitative estimate of drug-likeness (QED) is 0.630. The molecule has 3 aromatic rings. The van der Waals surface area contributed by atoms with Crippen molar-refractivity contribution in [1.29, 1.82) is 0 Å². The van der Waals surface area contributed by atoms with Crippen LogP contribution >= 0.6 is 0 Å². The van der Waals surface area contributed by atoms with Gasteiger partial charge in [0, 0.05) is 18.5 Å². The average molecular weight is 445 g/mol. The van der Waals surface area contributed by atoms with Gasteiger partial charge in [-0.3, -0.25) is 9.59 Å². The second-order valence-electron chi connectivity index (χ2n) is 8.41. The summed E-state index contributed by atoms with van der Waals surface area (Å²) in [7, 11) is 1.56. The van der Waals surface area contributed by atoms with Crippen LogP contribution in [0.25, 0.3) is 11.1 Å². The van der Waals surface area contributed by atoms with E-state index in [2.05, 4.69) is 31.2 Å². The molecule has 0 aromatic heterocycles. The molecule has 1 fully saturated rings. The third kappa shape index (κ3) is 4.91. The first kappa shape index (κ1) is 22.6. The number of primary amides is 1. The molecule has 0 radical (unpaired) electrons. The third-order valence-corrected chi connectivity index (χ3v) is 6.04. The van der Waals surface area contributed by atoms with Gasteiger partial charge in [-0.2, -0.15) is 0 Å². The number of amides is 2. The van der Waals surface area contributed by atoms with Crippen LogP contribution in [0.15, 0.2) is 72.8 Å². The molecule has 2 amide bonds. The Morgan fingerprint density at radius 1 is 1.03 bits per heavy atom. The molecule has 1 saturated heterocycles. The highest BCUT2D eigenvalue weighted by Gasteiger charge is 2.44. The van der Waals surface area contributed by atoms with Gasteiger partial charge in [0.15, 0.2) is 5.60 Å². The maximum atomic E-state index is 13.2. The summed E-state index contributed by atoms with van der Waals surface area (Å²) in [6.07, 6.45) is 0.282. The molecule has 1 aliphatic heterocycles. The van der Waals surface area contributed by atoms with E-state index in [4.69, 9.17) is 15.2 Å². The highest BCUT2D eigenvalue weighted by Crippen LogP contribution is 2.28. The van der Waals surface area contributed by atoms with Gasteiger partial charge in [0.2, 0.25) is 0 Å². The number of morpholine rings is 1. The fourth-order valence-corrected chi connectivity index (χ4v) is 4.18. The molecule has 1 heterocycles. The van der Waals surface area contributed by atoms with Gasteiger partial charge in [-0.25, -0.2) is 0 Å². The van der Waals surface area contributed by atoms with E-state index in [-0.39, 0.29) is 25.5 Å². The van der Waals surface area contributed by atoms with Crippen LogP contribution < -0.4 is 10.5 Å². The SMILES string of the molecule is COc1cccc(C(=O)N2CCOC(Cc3cccc(-c4ccc(C)cc4)c3)(C(N)=O)C2)c1. The van der Waals surface area contributed by atoms with Crippen LogP contribution in [0.1, 0.15) is 21.5 Å². The number of nitrogens with two attached hydrogens (primary N) is 1. The molecule has 0 aliphatic carbocycles. The molecule has 33 heavy (non-hydrogen) atoms. The molecule has 0 spiro atoms. The lowest BCUT2D eigenvalue weighted by Crippen LogP contribution is -2.61. The van der Waals surface area contributed by atoms with Crippen LogP contribution in [0.4, 0.5) is 0 Å². The number of ether oxygens (including phenoxy) is 2. The van der Waals surface area contributed by atoms with E-state index >= 15 is 0 Å². The Labute approximate surface area is 193 Å². The Bertz CT molecular complexity index is 1160. The smallest absolute Gasteiger partial charge is 0.254 e. The second kappa shape index (κ2) is 9.46. The lowest BCUT2D eigenvalue weighted by Gasteiger charge is -2.40. The average Bonchev–Trinajstić information content (AvgIpc) is 2.84. The zero-order chi connectivity index (χ0) is 23.4. The minimum absolute atomic E-state index is 0.0904. The van der Waals surface area contributed by atoms with E-state index in [1.54, 1.807) is 36.3 Å². The standard InChI is InChI=1S/C27H28N2O4/c1-19-9-11-21(12-10-19)22-6-3-5-20(15-22)17-27(26(28)31)18-29(13-14-33-27)25(30)23-7-4-8-24(16-23)32-2/h3-12,15-16H,13-14,17-18H2,1-2H3,(H2,28,31). The number of nitrogens with zero attached hydrogens (tertiary/aromatic N) is 1. The number of carbonyl (C=O) groups is 2. The Hall–Kier alpha value is -3.64. The number of carbonyl (C=O) groups excluding carboxylic acids is 2. The van der Waals surface area contributed by atoms with Crippen LogP contribution in [0, 0.1) is 6.92 Å². The molecule has 2 N–H and O–H groups in total. The molecule has 6 nitrogen and oxygen atoms in total. The summed E-state index contributed by atoms with van der Waals surface area (Å²) in [5, 5.41) is 0. The predicted octanol–water partition coefficient (Wildman–Crippen LogP) is 3.61. The van der Waals surface area contributed by atoms with E-state index < -0.39 is 11.5 Å². The first-order valence-corrected chi connectivity index (χ1v) is 10.9. The third-order valence-electron chi connectivity index (χ3n) is 6.04. The Morgan fingerprint density at radius 2 is 1.79 bits per heavy atom. The monoisotopic (exact) mass is 444 g/mol. The van der Waals surface area contributed by atoms with Crippen molar-refractivity contribution in [2.45, 2.75) is 18.9 Å².